The molecule has 2 aliphatic rings. The molecule has 6 nitrogen and oxygen atoms in total. The molecule has 0 radical (unpaired) electrons. The number of urea groups is 1. The van der Waals surface area contributed by atoms with Gasteiger partial charge in [0, 0.05) is 0 Å². The number of imide groups is 1. The first kappa shape index (κ1) is 21.3. The van der Waals surface area contributed by atoms with Crippen LogP contribution in [-0.4, -0.2) is 34.9 Å². The number of amides is 3. The maximum absolute atomic E-state index is 13.1. The number of nitrogens with zero attached hydrogens (tertiary/aromatic N) is 1. The highest BCUT2D eigenvalue weighted by atomic mass is 16.5. The lowest BCUT2D eigenvalue weighted by molar-refractivity contribution is -0.149. The normalized spacial score (nSPS) is 26.1. The van der Waals surface area contributed by atoms with Crippen LogP contribution in [0.1, 0.15) is 70.9 Å². The number of esters is 1. The molecule has 1 aliphatic carbocycles. The second-order valence-corrected chi connectivity index (χ2v) is 9.81. The van der Waals surface area contributed by atoms with E-state index in [1.807, 2.05) is 24.3 Å². The van der Waals surface area contributed by atoms with Crippen molar-refractivity contribution in [3.05, 3.63) is 35.4 Å². The first-order valence-electron chi connectivity index (χ1n) is 10.4. The van der Waals surface area contributed by atoms with E-state index in [1.54, 1.807) is 0 Å². The number of rotatable bonds is 5. The molecule has 1 saturated carbocycles. The minimum atomic E-state index is -0.898. The molecular weight excluding hydrogens is 368 g/mol. The largest absolute Gasteiger partial charge is 0.459 e. The Hall–Kier alpha value is -2.37. The molecule has 1 saturated heterocycles. The zero-order valence-corrected chi connectivity index (χ0v) is 18.1. The first-order valence-corrected chi connectivity index (χ1v) is 10.4. The predicted octanol–water partition coefficient (Wildman–Crippen LogP) is 3.99. The molecule has 1 aromatic carbocycles. The van der Waals surface area contributed by atoms with Crippen LogP contribution in [0.25, 0.3) is 0 Å². The average Bonchev–Trinajstić information content (AvgIpc) is 2.82. The smallest absolute Gasteiger partial charge is 0.326 e. The second kappa shape index (κ2) is 7.81. The van der Waals surface area contributed by atoms with Crippen LogP contribution < -0.4 is 5.32 Å². The van der Waals surface area contributed by atoms with Crippen molar-refractivity contribution in [2.45, 2.75) is 71.9 Å². The van der Waals surface area contributed by atoms with Crippen molar-refractivity contribution in [3.63, 3.8) is 0 Å². The highest BCUT2D eigenvalue weighted by Gasteiger charge is 2.56. The monoisotopic (exact) mass is 400 g/mol. The van der Waals surface area contributed by atoms with Gasteiger partial charge in [0.15, 0.2) is 0 Å². The van der Waals surface area contributed by atoms with E-state index in [2.05, 4.69) is 39.9 Å². The van der Waals surface area contributed by atoms with Gasteiger partial charge in [-0.3, -0.25) is 14.5 Å². The van der Waals surface area contributed by atoms with Crippen molar-refractivity contribution in [1.29, 1.82) is 0 Å². The van der Waals surface area contributed by atoms with Crippen molar-refractivity contribution in [2.24, 2.45) is 11.3 Å². The Morgan fingerprint density at radius 2 is 1.86 bits per heavy atom. The third-order valence-corrected chi connectivity index (χ3v) is 5.96. The number of nitrogens with one attached hydrogen (secondary N) is 1. The van der Waals surface area contributed by atoms with Gasteiger partial charge < -0.3 is 10.1 Å². The lowest BCUT2D eigenvalue weighted by Gasteiger charge is -2.43. The summed E-state index contributed by atoms with van der Waals surface area (Å²) in [6, 6.07) is 7.38. The van der Waals surface area contributed by atoms with Gasteiger partial charge in [0.1, 0.15) is 18.7 Å². The van der Waals surface area contributed by atoms with Gasteiger partial charge in [-0.2, -0.15) is 0 Å². The molecule has 3 rings (SSSR count). The van der Waals surface area contributed by atoms with Crippen molar-refractivity contribution in [3.8, 4) is 0 Å². The molecule has 6 heteroatoms. The van der Waals surface area contributed by atoms with Crippen LogP contribution in [0.5, 0.6) is 0 Å². The Labute approximate surface area is 173 Å². The summed E-state index contributed by atoms with van der Waals surface area (Å²) in [5.74, 6) is -0.128. The van der Waals surface area contributed by atoms with Gasteiger partial charge in [-0.1, -0.05) is 58.9 Å². The maximum Gasteiger partial charge on any atom is 0.326 e. The van der Waals surface area contributed by atoms with Crippen molar-refractivity contribution in [1.82, 2.24) is 10.2 Å². The quantitative estimate of drug-likeness (QED) is 0.599. The van der Waals surface area contributed by atoms with E-state index in [0.717, 1.165) is 16.9 Å². The molecule has 2 fully saturated rings. The Balaban J connectivity index is 1.60. The summed E-state index contributed by atoms with van der Waals surface area (Å²) >= 11 is 0. The molecular formula is C23H32N2O4. The third kappa shape index (κ3) is 4.62. The van der Waals surface area contributed by atoms with Crippen LogP contribution in [0.15, 0.2) is 24.3 Å². The predicted molar refractivity (Wildman–Crippen MR) is 110 cm³/mol. The number of carbonyl (C=O) groups is 3. The summed E-state index contributed by atoms with van der Waals surface area (Å²) in [5, 5.41) is 2.88. The van der Waals surface area contributed by atoms with Crippen LogP contribution in [0.2, 0.25) is 0 Å². The Kier molecular flexibility index (Phi) is 5.74. The minimum absolute atomic E-state index is 0.0424. The minimum Gasteiger partial charge on any atom is -0.459 e. The topological polar surface area (TPSA) is 75.7 Å². The first-order chi connectivity index (χ1) is 13.5. The number of carbonyl (C=O) groups excluding carboxylic acids is 3. The van der Waals surface area contributed by atoms with Gasteiger partial charge in [-0.05, 0) is 47.6 Å². The fraction of sp³-hybridized carbons (Fsp3) is 0.609. The summed E-state index contributed by atoms with van der Waals surface area (Å²) in [4.78, 5) is 38.9. The van der Waals surface area contributed by atoms with Crippen LogP contribution >= 0.6 is 0 Å². The van der Waals surface area contributed by atoms with Gasteiger partial charge >= 0.3 is 12.0 Å². The fourth-order valence-corrected chi connectivity index (χ4v) is 4.99. The summed E-state index contributed by atoms with van der Waals surface area (Å²) in [6.45, 7) is 10.3. The molecule has 1 spiro atoms. The standard InChI is InChI=1S/C23H32N2O4/c1-15(2)18-8-6-17(7-9-18)13-29-19(26)12-25-20(27)23(24-21(25)28)11-16(3)10-22(4,5)14-23/h6-9,15-16H,10-14H2,1-5H3,(H,24,28)/t16-,23+/m1/s1. The lowest BCUT2D eigenvalue weighted by Crippen LogP contribution is -2.54. The van der Waals surface area contributed by atoms with E-state index in [1.165, 1.54) is 5.56 Å². The highest BCUT2D eigenvalue weighted by molar-refractivity contribution is 6.08. The van der Waals surface area contributed by atoms with Gasteiger partial charge in [-0.25, -0.2) is 4.79 Å². The van der Waals surface area contributed by atoms with Gasteiger partial charge in [-0.15, -0.1) is 0 Å². The van der Waals surface area contributed by atoms with Crippen LogP contribution in [0.4, 0.5) is 4.79 Å². The van der Waals surface area contributed by atoms with Gasteiger partial charge in [0.25, 0.3) is 5.91 Å². The molecule has 1 aromatic rings. The average molecular weight is 401 g/mol. The molecule has 158 valence electrons. The lowest BCUT2D eigenvalue weighted by atomic mass is 9.64. The van der Waals surface area contributed by atoms with Crippen molar-refractivity contribution < 1.29 is 19.1 Å². The molecule has 0 aromatic heterocycles. The molecule has 1 heterocycles. The maximum atomic E-state index is 13.1. The zero-order valence-electron chi connectivity index (χ0n) is 18.1. The fourth-order valence-electron chi connectivity index (χ4n) is 4.99. The second-order valence-electron chi connectivity index (χ2n) is 9.81. The van der Waals surface area contributed by atoms with Crippen LogP contribution in [0.3, 0.4) is 0 Å². The Morgan fingerprint density at radius 1 is 1.21 bits per heavy atom. The molecule has 1 aliphatic heterocycles. The van der Waals surface area contributed by atoms with E-state index >= 15 is 0 Å². The highest BCUT2D eigenvalue weighted by Crippen LogP contribution is 2.46. The van der Waals surface area contributed by atoms with Gasteiger partial charge in [0.2, 0.25) is 0 Å². The number of hydrogen-bond donors (Lipinski definition) is 1. The molecule has 0 bridgehead atoms. The van der Waals surface area contributed by atoms with Crippen LogP contribution in [0, 0.1) is 11.3 Å². The zero-order chi connectivity index (χ0) is 21.4. The molecule has 29 heavy (non-hydrogen) atoms. The third-order valence-electron chi connectivity index (χ3n) is 5.96. The van der Waals surface area contributed by atoms with E-state index in [0.29, 0.717) is 24.7 Å². The molecule has 1 N–H and O–H groups in total. The summed E-state index contributed by atoms with van der Waals surface area (Å²) < 4.78 is 5.31. The van der Waals surface area contributed by atoms with E-state index in [-0.39, 0.29) is 24.5 Å². The SMILES string of the molecule is CC(C)c1ccc(COC(=O)CN2C(=O)N[C@]3(C[C@H](C)CC(C)(C)C3)C2=O)cc1. The molecule has 2 atom stereocenters. The number of hydrogen-bond acceptors (Lipinski definition) is 4. The van der Waals surface area contributed by atoms with E-state index in [4.69, 9.17) is 4.74 Å². The van der Waals surface area contributed by atoms with Crippen molar-refractivity contribution in [2.75, 3.05) is 6.54 Å². The summed E-state index contributed by atoms with van der Waals surface area (Å²) in [7, 11) is 0. The van der Waals surface area contributed by atoms with Gasteiger partial charge in [0.05, 0.1) is 0 Å². The molecule has 3 amide bonds. The summed E-state index contributed by atoms with van der Waals surface area (Å²) in [5.41, 5.74) is 1.15. The van der Waals surface area contributed by atoms with Crippen LogP contribution in [-0.2, 0) is 20.9 Å². The van der Waals surface area contributed by atoms with E-state index in [9.17, 15) is 14.4 Å². The Morgan fingerprint density at radius 3 is 2.45 bits per heavy atom. The number of ether oxygens (including phenoxy) is 1. The summed E-state index contributed by atoms with van der Waals surface area (Å²) in [6.07, 6.45) is 2.20. The molecule has 0 unspecified atom stereocenters. The Bertz CT molecular complexity index is 800. The number of benzene rings is 1. The van der Waals surface area contributed by atoms with E-state index < -0.39 is 17.5 Å². The van der Waals surface area contributed by atoms with Crippen molar-refractivity contribution >= 4 is 17.9 Å².